The molecule has 0 unspecified atom stereocenters. The van der Waals surface area contributed by atoms with E-state index in [1.54, 1.807) is 36.2 Å². The summed E-state index contributed by atoms with van der Waals surface area (Å²) < 4.78 is 18.6. The maximum absolute atomic E-state index is 13.0. The normalized spacial score (nSPS) is 10.6. The minimum atomic E-state index is -0.306. The highest BCUT2D eigenvalue weighted by atomic mass is 19.1. The van der Waals surface area contributed by atoms with Crippen molar-refractivity contribution in [3.63, 3.8) is 0 Å². The van der Waals surface area contributed by atoms with Gasteiger partial charge in [0.25, 0.3) is 5.91 Å². The Labute approximate surface area is 140 Å². The lowest BCUT2D eigenvalue weighted by Gasteiger charge is -2.16. The lowest BCUT2D eigenvalue weighted by atomic mass is 10.1. The highest BCUT2D eigenvalue weighted by Gasteiger charge is 2.17. The van der Waals surface area contributed by atoms with E-state index in [9.17, 15) is 9.18 Å². The minimum Gasteiger partial charge on any atom is -0.451 e. The number of nitrogens with zero attached hydrogens (tertiary/aromatic N) is 1. The molecule has 0 spiro atoms. The molecule has 0 aliphatic heterocycles. The van der Waals surface area contributed by atoms with Gasteiger partial charge in [0.1, 0.15) is 11.6 Å². The van der Waals surface area contributed by atoms with Crippen molar-refractivity contribution in [2.24, 2.45) is 0 Å². The average Bonchev–Trinajstić information content (AvgIpc) is 3.07. The van der Waals surface area contributed by atoms with Crippen molar-refractivity contribution in [2.75, 3.05) is 7.05 Å². The van der Waals surface area contributed by atoms with E-state index in [2.05, 4.69) is 0 Å². The van der Waals surface area contributed by atoms with Gasteiger partial charge < -0.3 is 9.32 Å². The number of hydrogen-bond donors (Lipinski definition) is 0. The van der Waals surface area contributed by atoms with Crippen molar-refractivity contribution in [1.29, 1.82) is 0 Å². The van der Waals surface area contributed by atoms with Crippen molar-refractivity contribution in [1.82, 2.24) is 4.90 Å². The quantitative estimate of drug-likeness (QED) is 0.699. The highest BCUT2D eigenvalue weighted by molar-refractivity contribution is 5.91. The Kier molecular flexibility index (Phi) is 4.47. The van der Waals surface area contributed by atoms with Crippen LogP contribution in [0.15, 0.2) is 65.1 Å². The predicted octanol–water partition coefficient (Wildman–Crippen LogP) is 4.67. The standard InChI is InChI=1S/C20H18FNO2/c1-14-3-5-15(6-4-14)13-22(2)20(23)19-12-11-18(24-19)16-7-9-17(21)10-8-16/h3-12H,13H2,1-2H3. The number of benzene rings is 2. The average molecular weight is 323 g/mol. The summed E-state index contributed by atoms with van der Waals surface area (Å²) in [6.07, 6.45) is 0. The molecule has 1 aromatic heterocycles. The van der Waals surface area contributed by atoms with Gasteiger partial charge in [-0.2, -0.15) is 0 Å². The van der Waals surface area contributed by atoms with E-state index in [0.29, 0.717) is 12.3 Å². The molecule has 1 heterocycles. The van der Waals surface area contributed by atoms with Crippen LogP contribution in [0.1, 0.15) is 21.7 Å². The second-order valence-corrected chi connectivity index (χ2v) is 5.82. The second kappa shape index (κ2) is 6.71. The van der Waals surface area contributed by atoms with Crippen molar-refractivity contribution in [3.05, 3.63) is 83.4 Å². The molecule has 3 nitrogen and oxygen atoms in total. The molecule has 4 heteroatoms. The molecule has 0 radical (unpaired) electrons. The van der Waals surface area contributed by atoms with Gasteiger partial charge in [0.15, 0.2) is 5.76 Å². The zero-order valence-corrected chi connectivity index (χ0v) is 13.6. The number of rotatable bonds is 4. The van der Waals surface area contributed by atoms with Gasteiger partial charge >= 0.3 is 0 Å². The fourth-order valence-corrected chi connectivity index (χ4v) is 2.45. The van der Waals surface area contributed by atoms with E-state index in [1.807, 2.05) is 31.2 Å². The number of aryl methyl sites for hydroxylation is 1. The molecule has 0 saturated heterocycles. The first kappa shape index (κ1) is 16.0. The summed E-state index contributed by atoms with van der Waals surface area (Å²) in [4.78, 5) is 14.1. The Morgan fingerprint density at radius 3 is 2.33 bits per heavy atom. The molecule has 0 N–H and O–H groups in total. The summed E-state index contributed by atoms with van der Waals surface area (Å²) in [5.41, 5.74) is 2.97. The number of carbonyl (C=O) groups excluding carboxylic acids is 1. The van der Waals surface area contributed by atoms with Gasteiger partial charge in [-0.3, -0.25) is 4.79 Å². The summed E-state index contributed by atoms with van der Waals surface area (Å²) in [7, 11) is 1.74. The second-order valence-electron chi connectivity index (χ2n) is 5.82. The highest BCUT2D eigenvalue weighted by Crippen LogP contribution is 2.23. The first-order valence-corrected chi connectivity index (χ1v) is 7.70. The van der Waals surface area contributed by atoms with Crippen LogP contribution >= 0.6 is 0 Å². The Bertz CT molecular complexity index is 835. The number of carbonyl (C=O) groups is 1. The third-order valence-electron chi connectivity index (χ3n) is 3.83. The van der Waals surface area contributed by atoms with Crippen LogP contribution in [0.3, 0.4) is 0 Å². The minimum absolute atomic E-state index is 0.191. The molecule has 0 saturated carbocycles. The first-order chi connectivity index (χ1) is 11.5. The molecule has 3 rings (SSSR count). The van der Waals surface area contributed by atoms with E-state index in [4.69, 9.17) is 4.42 Å². The zero-order valence-electron chi connectivity index (χ0n) is 13.6. The van der Waals surface area contributed by atoms with Crippen LogP contribution in [-0.4, -0.2) is 17.9 Å². The van der Waals surface area contributed by atoms with E-state index in [1.165, 1.54) is 17.7 Å². The number of furan rings is 1. The molecule has 2 aromatic carbocycles. The third-order valence-corrected chi connectivity index (χ3v) is 3.83. The van der Waals surface area contributed by atoms with Crippen LogP contribution in [0.4, 0.5) is 4.39 Å². The summed E-state index contributed by atoms with van der Waals surface area (Å²) in [5.74, 6) is 0.314. The largest absolute Gasteiger partial charge is 0.451 e. The maximum atomic E-state index is 13.0. The molecule has 1 amide bonds. The predicted molar refractivity (Wildman–Crippen MR) is 91.1 cm³/mol. The molecule has 24 heavy (non-hydrogen) atoms. The van der Waals surface area contributed by atoms with Gasteiger partial charge in [-0.05, 0) is 48.9 Å². The molecule has 0 bridgehead atoms. The van der Waals surface area contributed by atoms with Gasteiger partial charge in [0.2, 0.25) is 0 Å². The molecular weight excluding hydrogens is 305 g/mol. The number of hydrogen-bond acceptors (Lipinski definition) is 2. The number of halogens is 1. The van der Waals surface area contributed by atoms with Gasteiger partial charge in [-0.25, -0.2) is 4.39 Å². The Balaban J connectivity index is 1.73. The Hall–Kier alpha value is -2.88. The fourth-order valence-electron chi connectivity index (χ4n) is 2.45. The van der Waals surface area contributed by atoms with Crippen LogP contribution in [0.25, 0.3) is 11.3 Å². The molecule has 0 fully saturated rings. The molecule has 0 aliphatic rings. The third kappa shape index (κ3) is 3.54. The van der Waals surface area contributed by atoms with Crippen LogP contribution in [0.5, 0.6) is 0 Å². The van der Waals surface area contributed by atoms with E-state index in [-0.39, 0.29) is 17.5 Å². The summed E-state index contributed by atoms with van der Waals surface area (Å²) in [6, 6.07) is 17.4. The van der Waals surface area contributed by atoms with Crippen molar-refractivity contribution < 1.29 is 13.6 Å². The molecule has 3 aromatic rings. The zero-order chi connectivity index (χ0) is 17.1. The monoisotopic (exact) mass is 323 g/mol. The summed E-state index contributed by atoms with van der Waals surface area (Å²) >= 11 is 0. The smallest absolute Gasteiger partial charge is 0.289 e. The van der Waals surface area contributed by atoms with Crippen LogP contribution in [0.2, 0.25) is 0 Å². The summed E-state index contributed by atoms with van der Waals surface area (Å²) in [5, 5.41) is 0. The van der Waals surface area contributed by atoms with Gasteiger partial charge in [0, 0.05) is 19.2 Å². The molecular formula is C20H18FNO2. The molecule has 0 atom stereocenters. The van der Waals surface area contributed by atoms with Gasteiger partial charge in [0.05, 0.1) is 0 Å². The van der Waals surface area contributed by atoms with E-state index < -0.39 is 0 Å². The van der Waals surface area contributed by atoms with Crippen LogP contribution < -0.4 is 0 Å². The first-order valence-electron chi connectivity index (χ1n) is 7.70. The van der Waals surface area contributed by atoms with Crippen molar-refractivity contribution >= 4 is 5.91 Å². The van der Waals surface area contributed by atoms with E-state index >= 15 is 0 Å². The van der Waals surface area contributed by atoms with Crippen molar-refractivity contribution in [3.8, 4) is 11.3 Å². The van der Waals surface area contributed by atoms with E-state index in [0.717, 1.165) is 11.1 Å². The SMILES string of the molecule is Cc1ccc(CN(C)C(=O)c2ccc(-c3ccc(F)cc3)o2)cc1. The lowest BCUT2D eigenvalue weighted by molar-refractivity contribution is 0.0754. The van der Waals surface area contributed by atoms with Gasteiger partial charge in [-0.1, -0.05) is 29.8 Å². The summed E-state index contributed by atoms with van der Waals surface area (Å²) in [6.45, 7) is 2.53. The molecule has 0 aliphatic carbocycles. The van der Waals surface area contributed by atoms with Gasteiger partial charge in [-0.15, -0.1) is 0 Å². The lowest BCUT2D eigenvalue weighted by Crippen LogP contribution is -2.25. The Morgan fingerprint density at radius 1 is 1.00 bits per heavy atom. The van der Waals surface area contributed by atoms with Crippen LogP contribution in [0, 0.1) is 12.7 Å². The number of amides is 1. The Morgan fingerprint density at radius 2 is 1.67 bits per heavy atom. The molecule has 122 valence electrons. The fraction of sp³-hybridized carbons (Fsp3) is 0.150. The van der Waals surface area contributed by atoms with Crippen molar-refractivity contribution in [2.45, 2.75) is 13.5 Å². The topological polar surface area (TPSA) is 33.5 Å². The van der Waals surface area contributed by atoms with Crippen LogP contribution in [-0.2, 0) is 6.54 Å². The maximum Gasteiger partial charge on any atom is 0.289 e.